The highest BCUT2D eigenvalue weighted by Crippen LogP contribution is 2.20. The zero-order chi connectivity index (χ0) is 23.1. The topological polar surface area (TPSA) is 120 Å². The molecular formula is C22H24N4O5S. The van der Waals surface area contributed by atoms with E-state index in [1.54, 1.807) is 24.3 Å². The van der Waals surface area contributed by atoms with E-state index < -0.39 is 10.0 Å². The molecule has 0 aliphatic carbocycles. The van der Waals surface area contributed by atoms with Gasteiger partial charge in [0.25, 0.3) is 15.9 Å². The van der Waals surface area contributed by atoms with Gasteiger partial charge in [-0.15, -0.1) is 0 Å². The quantitative estimate of drug-likeness (QED) is 0.505. The second-order valence-corrected chi connectivity index (χ2v) is 8.94. The standard InChI is InChI=1S/C22H24N4O5S/c1-15(2)13-31-18-8-4-16(5-9-18)22(27)25-17-6-10-19(11-7-17)32(28,29)26-20-12-21(30-3)24-14-23-20/h4-12,14-15H,13H2,1-3H3,(H,25,27)(H,23,24,26). The number of carbonyl (C=O) groups excluding carboxylic acids is 1. The summed E-state index contributed by atoms with van der Waals surface area (Å²) in [5, 5.41) is 2.74. The number of ether oxygens (including phenoxy) is 2. The van der Waals surface area contributed by atoms with E-state index in [1.807, 2.05) is 0 Å². The van der Waals surface area contributed by atoms with E-state index in [2.05, 4.69) is 33.9 Å². The molecule has 0 spiro atoms. The van der Waals surface area contributed by atoms with Crippen molar-refractivity contribution >= 4 is 27.4 Å². The molecule has 2 aromatic carbocycles. The fourth-order valence-electron chi connectivity index (χ4n) is 2.59. The summed E-state index contributed by atoms with van der Waals surface area (Å²) in [6.45, 7) is 4.71. The minimum atomic E-state index is -3.87. The molecule has 3 rings (SSSR count). The number of sulfonamides is 1. The zero-order valence-corrected chi connectivity index (χ0v) is 18.7. The van der Waals surface area contributed by atoms with Crippen molar-refractivity contribution in [2.45, 2.75) is 18.7 Å². The van der Waals surface area contributed by atoms with Crippen molar-refractivity contribution < 1.29 is 22.7 Å². The summed E-state index contributed by atoms with van der Waals surface area (Å²) in [5.74, 6) is 1.09. The minimum Gasteiger partial charge on any atom is -0.493 e. The lowest BCUT2D eigenvalue weighted by molar-refractivity contribution is 0.102. The summed E-state index contributed by atoms with van der Waals surface area (Å²) in [7, 11) is -2.46. The number of anilines is 2. The molecule has 1 amide bonds. The first-order valence-corrected chi connectivity index (χ1v) is 11.3. The number of nitrogens with one attached hydrogen (secondary N) is 2. The van der Waals surface area contributed by atoms with Gasteiger partial charge >= 0.3 is 0 Å². The molecule has 0 radical (unpaired) electrons. The van der Waals surface area contributed by atoms with Gasteiger partial charge in [-0.05, 0) is 54.4 Å². The molecule has 0 atom stereocenters. The van der Waals surface area contributed by atoms with Gasteiger partial charge in [-0.25, -0.2) is 18.4 Å². The Balaban J connectivity index is 1.64. The summed E-state index contributed by atoms with van der Waals surface area (Å²) in [6, 6.07) is 14.0. The van der Waals surface area contributed by atoms with Crippen molar-refractivity contribution in [3.63, 3.8) is 0 Å². The highest BCUT2D eigenvalue weighted by Gasteiger charge is 2.16. The summed E-state index contributed by atoms with van der Waals surface area (Å²) in [4.78, 5) is 20.2. The lowest BCUT2D eigenvalue weighted by atomic mass is 10.2. The molecule has 0 saturated heterocycles. The van der Waals surface area contributed by atoms with Crippen LogP contribution in [0, 0.1) is 5.92 Å². The molecule has 3 aromatic rings. The first-order valence-electron chi connectivity index (χ1n) is 9.80. The predicted octanol–water partition coefficient (Wildman–Crippen LogP) is 3.57. The van der Waals surface area contributed by atoms with Gasteiger partial charge in [0, 0.05) is 17.3 Å². The number of nitrogens with zero attached hydrogens (tertiary/aromatic N) is 2. The van der Waals surface area contributed by atoms with Crippen LogP contribution >= 0.6 is 0 Å². The largest absolute Gasteiger partial charge is 0.493 e. The Morgan fingerprint density at radius 3 is 2.34 bits per heavy atom. The van der Waals surface area contributed by atoms with Gasteiger partial charge in [0.1, 0.15) is 17.9 Å². The van der Waals surface area contributed by atoms with Crippen LogP contribution < -0.4 is 19.5 Å². The van der Waals surface area contributed by atoms with E-state index >= 15 is 0 Å². The van der Waals surface area contributed by atoms with Crippen molar-refractivity contribution in [3.8, 4) is 11.6 Å². The van der Waals surface area contributed by atoms with Crippen LogP contribution in [0.25, 0.3) is 0 Å². The fourth-order valence-corrected chi connectivity index (χ4v) is 3.59. The van der Waals surface area contributed by atoms with Crippen LogP contribution in [0.2, 0.25) is 0 Å². The van der Waals surface area contributed by atoms with E-state index in [9.17, 15) is 13.2 Å². The number of methoxy groups -OCH3 is 1. The normalized spacial score (nSPS) is 11.1. The summed E-state index contributed by atoms with van der Waals surface area (Å²) in [6.07, 6.45) is 1.19. The second kappa shape index (κ2) is 10.1. The molecule has 10 heteroatoms. The van der Waals surface area contributed by atoms with E-state index in [-0.39, 0.29) is 22.5 Å². The molecular weight excluding hydrogens is 432 g/mol. The number of benzene rings is 2. The van der Waals surface area contributed by atoms with E-state index in [4.69, 9.17) is 9.47 Å². The number of hydrogen-bond donors (Lipinski definition) is 2. The maximum atomic E-state index is 12.6. The first kappa shape index (κ1) is 23.0. The predicted molar refractivity (Wildman–Crippen MR) is 121 cm³/mol. The van der Waals surface area contributed by atoms with Crippen LogP contribution in [-0.2, 0) is 10.0 Å². The van der Waals surface area contributed by atoms with Crippen molar-refractivity contribution in [1.29, 1.82) is 0 Å². The van der Waals surface area contributed by atoms with Crippen molar-refractivity contribution in [3.05, 3.63) is 66.5 Å². The molecule has 0 aliphatic rings. The number of aromatic nitrogens is 2. The lowest BCUT2D eigenvalue weighted by Crippen LogP contribution is -2.15. The minimum absolute atomic E-state index is 0.0136. The van der Waals surface area contributed by atoms with Crippen LogP contribution in [0.5, 0.6) is 11.6 Å². The Hall–Kier alpha value is -3.66. The maximum Gasteiger partial charge on any atom is 0.263 e. The van der Waals surface area contributed by atoms with E-state index in [1.165, 1.54) is 43.8 Å². The molecule has 0 unspecified atom stereocenters. The molecule has 32 heavy (non-hydrogen) atoms. The molecule has 0 aliphatic heterocycles. The molecule has 1 aromatic heterocycles. The molecule has 0 bridgehead atoms. The average molecular weight is 457 g/mol. The third kappa shape index (κ3) is 6.17. The third-order valence-corrected chi connectivity index (χ3v) is 5.58. The van der Waals surface area contributed by atoms with Crippen molar-refractivity contribution in [1.82, 2.24) is 9.97 Å². The Labute approximate surface area is 186 Å². The van der Waals surface area contributed by atoms with Crippen molar-refractivity contribution in [2.24, 2.45) is 5.92 Å². The number of hydrogen-bond acceptors (Lipinski definition) is 7. The van der Waals surface area contributed by atoms with E-state index in [0.717, 1.165) is 0 Å². The smallest absolute Gasteiger partial charge is 0.263 e. The number of carbonyl (C=O) groups is 1. The Morgan fingerprint density at radius 2 is 1.72 bits per heavy atom. The average Bonchev–Trinajstić information content (AvgIpc) is 2.78. The molecule has 2 N–H and O–H groups in total. The molecule has 9 nitrogen and oxygen atoms in total. The fraction of sp³-hybridized carbons (Fsp3) is 0.227. The SMILES string of the molecule is COc1cc(NS(=O)(=O)c2ccc(NC(=O)c3ccc(OCC(C)C)cc3)cc2)ncn1. The van der Waals surface area contributed by atoms with Gasteiger partial charge in [-0.2, -0.15) is 0 Å². The van der Waals surface area contributed by atoms with Crippen LogP contribution in [0.4, 0.5) is 11.5 Å². The summed E-state index contributed by atoms with van der Waals surface area (Å²) < 4.78 is 38.1. The Morgan fingerprint density at radius 1 is 1.03 bits per heavy atom. The van der Waals surface area contributed by atoms with Crippen LogP contribution in [0.1, 0.15) is 24.2 Å². The first-order chi connectivity index (χ1) is 15.3. The van der Waals surface area contributed by atoms with E-state index in [0.29, 0.717) is 29.5 Å². The number of amides is 1. The monoisotopic (exact) mass is 456 g/mol. The van der Waals surface area contributed by atoms with Crippen LogP contribution in [0.3, 0.4) is 0 Å². The molecule has 1 heterocycles. The van der Waals surface area contributed by atoms with Crippen LogP contribution in [-0.4, -0.2) is 38.0 Å². The molecule has 168 valence electrons. The van der Waals surface area contributed by atoms with Gasteiger partial charge < -0.3 is 14.8 Å². The second-order valence-electron chi connectivity index (χ2n) is 7.26. The molecule has 0 saturated carbocycles. The number of rotatable bonds is 9. The highest BCUT2D eigenvalue weighted by atomic mass is 32.2. The van der Waals surface area contributed by atoms with Gasteiger partial charge in [0.15, 0.2) is 0 Å². The van der Waals surface area contributed by atoms with Crippen LogP contribution in [0.15, 0.2) is 65.8 Å². The Kier molecular flexibility index (Phi) is 7.26. The zero-order valence-electron chi connectivity index (χ0n) is 17.9. The van der Waals surface area contributed by atoms with Gasteiger partial charge in [0.05, 0.1) is 18.6 Å². The molecule has 0 fully saturated rings. The lowest BCUT2D eigenvalue weighted by Gasteiger charge is -2.10. The Bertz CT molecular complexity index is 1160. The van der Waals surface area contributed by atoms with Gasteiger partial charge in [-0.1, -0.05) is 13.8 Å². The maximum absolute atomic E-state index is 12.6. The van der Waals surface area contributed by atoms with Gasteiger partial charge in [-0.3, -0.25) is 9.52 Å². The summed E-state index contributed by atoms with van der Waals surface area (Å²) >= 11 is 0. The van der Waals surface area contributed by atoms with Crippen molar-refractivity contribution in [2.75, 3.05) is 23.8 Å². The third-order valence-electron chi connectivity index (χ3n) is 4.21. The van der Waals surface area contributed by atoms with Gasteiger partial charge in [0.2, 0.25) is 5.88 Å². The highest BCUT2D eigenvalue weighted by molar-refractivity contribution is 7.92. The summed E-state index contributed by atoms with van der Waals surface area (Å²) in [5.41, 5.74) is 0.913.